The van der Waals surface area contributed by atoms with E-state index in [4.69, 9.17) is 10.2 Å². The van der Waals surface area contributed by atoms with Crippen molar-refractivity contribution in [2.45, 2.75) is 6.92 Å². The third-order valence-corrected chi connectivity index (χ3v) is 3.75. The predicted octanol–water partition coefficient (Wildman–Crippen LogP) is -1.10. The molecule has 1 aromatic heterocycles. The van der Waals surface area contributed by atoms with Gasteiger partial charge >= 0.3 is 11.8 Å². The summed E-state index contributed by atoms with van der Waals surface area (Å²) < 4.78 is 5.06. The lowest BCUT2D eigenvalue weighted by molar-refractivity contribution is -0.156. The number of carbonyl (C=O) groups excluding carboxylic acids is 4. The maximum atomic E-state index is 12.2. The average molecular weight is 336 g/mol. The van der Waals surface area contributed by atoms with Crippen LogP contribution < -0.4 is 5.73 Å². The number of rotatable bonds is 3. The lowest BCUT2D eigenvalue weighted by Gasteiger charge is -2.34. The molecule has 0 aliphatic carbocycles. The van der Waals surface area contributed by atoms with E-state index in [1.165, 1.54) is 18.1 Å². The summed E-state index contributed by atoms with van der Waals surface area (Å²) in [6, 6.07) is 3.19. The van der Waals surface area contributed by atoms with Crippen molar-refractivity contribution in [1.29, 1.82) is 0 Å². The lowest BCUT2D eigenvalue weighted by Crippen LogP contribution is -2.55. The molecule has 1 aliphatic rings. The molecule has 2 heterocycles. The van der Waals surface area contributed by atoms with Crippen molar-refractivity contribution in [3.05, 3.63) is 24.2 Å². The fourth-order valence-corrected chi connectivity index (χ4v) is 2.45. The molecule has 4 amide bonds. The Balaban J connectivity index is 1.93. The highest BCUT2D eigenvalue weighted by molar-refractivity contribution is 6.37. The van der Waals surface area contributed by atoms with E-state index in [0.717, 1.165) is 4.90 Å². The summed E-state index contributed by atoms with van der Waals surface area (Å²) in [5, 5.41) is 0. The highest BCUT2D eigenvalue weighted by Gasteiger charge is 2.32. The van der Waals surface area contributed by atoms with Crippen LogP contribution in [0.4, 0.5) is 0 Å². The molecule has 0 bridgehead atoms. The molecule has 0 unspecified atom stereocenters. The lowest BCUT2D eigenvalue weighted by atomic mass is 10.2. The van der Waals surface area contributed by atoms with Gasteiger partial charge in [0.25, 0.3) is 5.91 Å². The van der Waals surface area contributed by atoms with E-state index in [0.29, 0.717) is 0 Å². The molecule has 0 atom stereocenters. The quantitative estimate of drug-likeness (QED) is 0.700. The monoisotopic (exact) mass is 336 g/mol. The van der Waals surface area contributed by atoms with Gasteiger partial charge in [-0.2, -0.15) is 0 Å². The standard InChI is InChI=1S/C15H20N4O5/c1-11(20)19(5-4-16)15(23)14(22)18-8-6-17(7-9-18)13(21)12-3-2-10-24-12/h2-3,10H,4-9,16H2,1H3. The second-order valence-corrected chi connectivity index (χ2v) is 5.33. The van der Waals surface area contributed by atoms with E-state index in [1.54, 1.807) is 17.0 Å². The van der Waals surface area contributed by atoms with Crippen LogP contribution in [0.5, 0.6) is 0 Å². The Morgan fingerprint density at radius 2 is 1.79 bits per heavy atom. The summed E-state index contributed by atoms with van der Waals surface area (Å²) in [7, 11) is 0. The number of hydrogen-bond acceptors (Lipinski definition) is 6. The first-order valence-corrected chi connectivity index (χ1v) is 7.60. The Hall–Kier alpha value is -2.68. The van der Waals surface area contributed by atoms with Gasteiger partial charge in [0.15, 0.2) is 5.76 Å². The van der Waals surface area contributed by atoms with Crippen LogP contribution in [0, 0.1) is 0 Å². The highest BCUT2D eigenvalue weighted by Crippen LogP contribution is 2.10. The fraction of sp³-hybridized carbons (Fsp3) is 0.467. The van der Waals surface area contributed by atoms with Crippen molar-refractivity contribution in [3.63, 3.8) is 0 Å². The van der Waals surface area contributed by atoms with Crippen LogP contribution in [-0.2, 0) is 14.4 Å². The molecule has 0 spiro atoms. The molecule has 1 aromatic rings. The molecule has 9 nitrogen and oxygen atoms in total. The molecule has 9 heteroatoms. The summed E-state index contributed by atoms with van der Waals surface area (Å²) in [6.07, 6.45) is 1.42. The molecule has 1 fully saturated rings. The van der Waals surface area contributed by atoms with Gasteiger partial charge in [-0.15, -0.1) is 0 Å². The summed E-state index contributed by atoms with van der Waals surface area (Å²) in [6.45, 7) is 2.30. The molecule has 1 saturated heterocycles. The summed E-state index contributed by atoms with van der Waals surface area (Å²) in [5.41, 5.74) is 5.36. The zero-order valence-electron chi connectivity index (χ0n) is 13.4. The molecule has 0 saturated carbocycles. The van der Waals surface area contributed by atoms with Crippen molar-refractivity contribution in [2.24, 2.45) is 5.73 Å². The zero-order chi connectivity index (χ0) is 17.7. The van der Waals surface area contributed by atoms with Gasteiger partial charge in [0, 0.05) is 46.2 Å². The number of imide groups is 1. The van der Waals surface area contributed by atoms with E-state index in [-0.39, 0.29) is 50.9 Å². The number of furan rings is 1. The molecule has 1 aliphatic heterocycles. The number of nitrogens with two attached hydrogens (primary N) is 1. The minimum Gasteiger partial charge on any atom is -0.459 e. The number of carbonyl (C=O) groups is 4. The Morgan fingerprint density at radius 1 is 1.17 bits per heavy atom. The maximum Gasteiger partial charge on any atom is 0.318 e. The third kappa shape index (κ3) is 3.80. The van der Waals surface area contributed by atoms with Crippen molar-refractivity contribution in [2.75, 3.05) is 39.3 Å². The SMILES string of the molecule is CC(=O)N(CCN)C(=O)C(=O)N1CCN(C(=O)c2ccco2)CC1. The van der Waals surface area contributed by atoms with Gasteiger partial charge in [-0.3, -0.25) is 24.1 Å². The topological polar surface area (TPSA) is 117 Å². The minimum absolute atomic E-state index is 0.00312. The van der Waals surface area contributed by atoms with Crippen molar-refractivity contribution in [1.82, 2.24) is 14.7 Å². The smallest absolute Gasteiger partial charge is 0.318 e. The van der Waals surface area contributed by atoms with E-state index >= 15 is 0 Å². The van der Waals surface area contributed by atoms with Crippen LogP contribution in [0.2, 0.25) is 0 Å². The predicted molar refractivity (Wildman–Crippen MR) is 82.6 cm³/mol. The first kappa shape index (κ1) is 17.7. The van der Waals surface area contributed by atoms with Crippen LogP contribution in [0.1, 0.15) is 17.5 Å². The van der Waals surface area contributed by atoms with Gasteiger partial charge in [0.1, 0.15) is 0 Å². The number of hydrogen-bond donors (Lipinski definition) is 1. The molecule has 0 aromatic carbocycles. The molecule has 2 N–H and O–H groups in total. The Labute approximate surface area is 138 Å². The van der Waals surface area contributed by atoms with Crippen LogP contribution in [0.25, 0.3) is 0 Å². The summed E-state index contributed by atoms with van der Waals surface area (Å²) in [4.78, 5) is 51.7. The Kier molecular flexibility index (Phi) is 5.69. The van der Waals surface area contributed by atoms with Crippen LogP contribution >= 0.6 is 0 Å². The molecular weight excluding hydrogens is 316 g/mol. The highest BCUT2D eigenvalue weighted by atomic mass is 16.3. The van der Waals surface area contributed by atoms with E-state index < -0.39 is 17.7 Å². The van der Waals surface area contributed by atoms with Crippen LogP contribution in [-0.4, -0.2) is 77.6 Å². The number of nitrogens with zero attached hydrogens (tertiary/aromatic N) is 3. The Bertz CT molecular complexity index is 620. The van der Waals surface area contributed by atoms with Crippen LogP contribution in [0.15, 0.2) is 22.8 Å². The molecule has 2 rings (SSSR count). The minimum atomic E-state index is -0.890. The van der Waals surface area contributed by atoms with Gasteiger partial charge < -0.3 is 20.0 Å². The largest absolute Gasteiger partial charge is 0.459 e. The zero-order valence-corrected chi connectivity index (χ0v) is 13.4. The maximum absolute atomic E-state index is 12.2. The second-order valence-electron chi connectivity index (χ2n) is 5.33. The fourth-order valence-electron chi connectivity index (χ4n) is 2.45. The molecular formula is C15H20N4O5. The van der Waals surface area contributed by atoms with Crippen LogP contribution in [0.3, 0.4) is 0 Å². The average Bonchev–Trinajstić information content (AvgIpc) is 3.12. The van der Waals surface area contributed by atoms with Gasteiger partial charge in [-0.1, -0.05) is 0 Å². The van der Waals surface area contributed by atoms with E-state index in [9.17, 15) is 19.2 Å². The molecule has 0 radical (unpaired) electrons. The Morgan fingerprint density at radius 3 is 2.29 bits per heavy atom. The van der Waals surface area contributed by atoms with Crippen molar-refractivity contribution < 1.29 is 23.6 Å². The van der Waals surface area contributed by atoms with Gasteiger partial charge in [0.05, 0.1) is 6.26 Å². The third-order valence-electron chi connectivity index (χ3n) is 3.75. The second kappa shape index (κ2) is 7.73. The van der Waals surface area contributed by atoms with Gasteiger partial charge in [-0.05, 0) is 12.1 Å². The number of amides is 4. The first-order valence-electron chi connectivity index (χ1n) is 7.60. The normalized spacial score (nSPS) is 14.4. The molecule has 24 heavy (non-hydrogen) atoms. The first-order chi connectivity index (χ1) is 11.5. The summed E-state index contributed by atoms with van der Waals surface area (Å²) in [5.74, 6) is -2.20. The molecule has 130 valence electrons. The van der Waals surface area contributed by atoms with Crippen molar-refractivity contribution >= 4 is 23.6 Å². The van der Waals surface area contributed by atoms with Gasteiger partial charge in [0.2, 0.25) is 5.91 Å². The summed E-state index contributed by atoms with van der Waals surface area (Å²) >= 11 is 0. The van der Waals surface area contributed by atoms with E-state index in [2.05, 4.69) is 0 Å². The van der Waals surface area contributed by atoms with Gasteiger partial charge in [-0.25, -0.2) is 0 Å². The van der Waals surface area contributed by atoms with E-state index in [1.807, 2.05) is 0 Å². The number of piperazine rings is 1. The van der Waals surface area contributed by atoms with Crippen molar-refractivity contribution in [3.8, 4) is 0 Å².